The summed E-state index contributed by atoms with van der Waals surface area (Å²) >= 11 is 0. The summed E-state index contributed by atoms with van der Waals surface area (Å²) in [4.78, 5) is 61.4. The maximum Gasteiger partial charge on any atom is 0.330 e. The lowest BCUT2D eigenvalue weighted by molar-refractivity contribution is -0.292. The zero-order chi connectivity index (χ0) is 74.8. The van der Waals surface area contributed by atoms with E-state index in [-0.39, 0.29) is 45.6 Å². The van der Waals surface area contributed by atoms with Crippen molar-refractivity contribution in [3.05, 3.63) is 155 Å². The van der Waals surface area contributed by atoms with Crippen molar-refractivity contribution in [3.8, 4) is 46.0 Å². The molecule has 35 nitrogen and oxygen atoms in total. The molecule has 5 heterocycles. The third-order valence-corrected chi connectivity index (χ3v) is 16.6. The van der Waals surface area contributed by atoms with Gasteiger partial charge in [0.25, 0.3) is 0 Å². The molecule has 17 N–H and O–H groups in total. The summed E-state index contributed by atoms with van der Waals surface area (Å²) in [6.45, 7) is -2.89. The molecule has 20 unspecified atom stereocenters. The third kappa shape index (κ3) is 19.0. The van der Waals surface area contributed by atoms with Gasteiger partial charge >= 0.3 is 29.8 Å². The molecule has 558 valence electrons. The highest BCUT2D eigenvalue weighted by Gasteiger charge is 2.50. The fourth-order valence-electron chi connectivity index (χ4n) is 10.9. The Morgan fingerprint density at radius 3 is 1.21 bits per heavy atom. The van der Waals surface area contributed by atoms with Crippen molar-refractivity contribution in [2.24, 2.45) is 0 Å². The molecule has 20 atom stereocenters. The number of hydrogen-bond acceptors (Lipinski definition) is 34. The molecule has 0 amide bonds. The molecule has 0 bridgehead atoms. The van der Waals surface area contributed by atoms with Gasteiger partial charge in [-0.15, -0.1) is 0 Å². The van der Waals surface area contributed by atoms with Crippen molar-refractivity contribution in [2.75, 3.05) is 26.4 Å². The molecule has 0 saturated carbocycles. The molecule has 5 aromatic rings. The molecular weight excluding hydrogens is 1390 g/mol. The number of fused-ring (bicyclic) bond motifs is 1. The number of aliphatic hydroxyl groups excluding tert-OH is 12. The first-order valence-electron chi connectivity index (χ1n) is 31.7. The second-order valence-electron chi connectivity index (χ2n) is 24.1. The number of rotatable bonds is 25. The van der Waals surface area contributed by atoms with E-state index in [1.807, 2.05) is 0 Å². The average Bonchev–Trinajstić information content (AvgIpc) is 0.781. The van der Waals surface area contributed by atoms with Crippen molar-refractivity contribution in [1.82, 2.24) is 0 Å². The molecular formula is C69H72O35. The summed E-state index contributed by atoms with van der Waals surface area (Å²) in [6.07, 6.45) is -31.3. The number of benzene rings is 5. The minimum Gasteiger partial charge on any atom is -0.508 e. The Bertz CT molecular complexity index is 3950. The van der Waals surface area contributed by atoms with Crippen LogP contribution in [0.2, 0.25) is 0 Å². The molecule has 5 aromatic carbocycles. The first-order valence-corrected chi connectivity index (χ1v) is 31.7. The SMILES string of the molecule is O=C(O)CC(=O)OCC1OC(OC2=C(c3ccc(O)c(OC4OC(COC(=O)C=Cc5ccc(OC6OC(COC(=O)C=Cc7ccc(O)cc7)C(O)C(O)C6O)cc5)C(O)C(O)C4O)c3)Oc3cc(OC4OC(COC(=O)C=Cc5ccc(O)cc5)C(O)C(O)C4O)cc(O)c3C2)C(O)C(O)C1O. The number of carbonyl (C=O) groups is 5. The Hall–Kier alpha value is -10.0. The molecule has 0 aromatic heterocycles. The summed E-state index contributed by atoms with van der Waals surface area (Å²) in [5.41, 5.74) is 1.22. The van der Waals surface area contributed by atoms with E-state index in [0.29, 0.717) is 16.7 Å². The standard InChI is InChI=1S/C69H72O35/c70-34-11-1-30(2-12-34)7-18-49(76)92-26-44-53(80)57(84)61(88)66(101-44)96-36-15-5-32(6-16-36)9-20-51(78)94-28-46-55(82)59(86)63(90)68(103-46)99-42-21-33(10-17-39(42)72)65-43(100-69-64(91)60(87)56(83)47(104-69)29-95-52(79)25-48(74)75)24-38-40(73)22-37(23-41(38)98-65)97-67-62(89)58(85)54(81)45(102-67)27-93-50(77)19-8-31-3-13-35(71)14-4-31/h1-23,44-47,53-64,66-73,80-91H,24-29H2,(H,74,75). The van der Waals surface area contributed by atoms with Gasteiger partial charge in [0.15, 0.2) is 17.3 Å². The van der Waals surface area contributed by atoms with Crippen LogP contribution < -0.4 is 18.9 Å². The Morgan fingerprint density at radius 2 is 0.788 bits per heavy atom. The highest BCUT2D eigenvalue weighted by atomic mass is 16.7. The first kappa shape index (κ1) is 76.6. The van der Waals surface area contributed by atoms with Gasteiger partial charge in [0.1, 0.15) is 171 Å². The number of carboxylic acid groups (broad SMARTS) is 1. The Balaban J connectivity index is 0.811. The van der Waals surface area contributed by atoms with Gasteiger partial charge < -0.3 is 148 Å². The largest absolute Gasteiger partial charge is 0.508 e. The highest BCUT2D eigenvalue weighted by Crippen LogP contribution is 2.45. The van der Waals surface area contributed by atoms with Gasteiger partial charge in [-0.1, -0.05) is 36.4 Å². The van der Waals surface area contributed by atoms with E-state index in [0.717, 1.165) is 42.5 Å². The van der Waals surface area contributed by atoms with E-state index in [2.05, 4.69) is 0 Å². The van der Waals surface area contributed by atoms with Crippen LogP contribution in [0.5, 0.6) is 46.0 Å². The van der Waals surface area contributed by atoms with Crippen LogP contribution in [-0.4, -0.2) is 266 Å². The smallest absolute Gasteiger partial charge is 0.330 e. The molecule has 0 radical (unpaired) electrons. The Kier molecular flexibility index (Phi) is 25.1. The number of aliphatic carboxylic acids is 1. The van der Waals surface area contributed by atoms with E-state index >= 15 is 0 Å². The molecule has 4 fully saturated rings. The quantitative estimate of drug-likeness (QED) is 0.0130. The summed E-state index contributed by atoms with van der Waals surface area (Å²) in [6, 6.07) is 22.9. The fourth-order valence-corrected chi connectivity index (χ4v) is 10.9. The summed E-state index contributed by atoms with van der Waals surface area (Å²) < 4.78 is 73.5. The predicted octanol–water partition coefficient (Wildman–Crippen LogP) is -2.02. The lowest BCUT2D eigenvalue weighted by atomic mass is 9.98. The molecule has 5 aliphatic rings. The normalized spacial score (nSPS) is 29.8. The molecule has 0 aliphatic carbocycles. The van der Waals surface area contributed by atoms with Crippen LogP contribution >= 0.6 is 0 Å². The van der Waals surface area contributed by atoms with Crippen LogP contribution in [0, 0.1) is 0 Å². The second-order valence-corrected chi connectivity index (χ2v) is 24.1. The van der Waals surface area contributed by atoms with Crippen LogP contribution in [0.4, 0.5) is 0 Å². The van der Waals surface area contributed by atoms with Gasteiger partial charge in [0.05, 0.1) is 0 Å². The molecule has 10 rings (SSSR count). The maximum absolute atomic E-state index is 13.1. The maximum atomic E-state index is 13.1. The third-order valence-electron chi connectivity index (χ3n) is 16.6. The number of aliphatic hydroxyl groups is 12. The minimum atomic E-state index is -2.11. The number of allylic oxidation sites excluding steroid dienone is 1. The van der Waals surface area contributed by atoms with Crippen molar-refractivity contribution in [2.45, 2.75) is 136 Å². The van der Waals surface area contributed by atoms with E-state index in [9.17, 15) is 106 Å². The number of carbonyl (C=O) groups excluding carboxylic acids is 4. The topological polar surface area (TPSA) is 549 Å². The number of phenols is 4. The number of carboxylic acids is 1. The number of aromatic hydroxyl groups is 4. The molecule has 104 heavy (non-hydrogen) atoms. The van der Waals surface area contributed by atoms with Crippen LogP contribution in [0.1, 0.15) is 34.2 Å². The van der Waals surface area contributed by atoms with Crippen LogP contribution in [0.3, 0.4) is 0 Å². The zero-order valence-corrected chi connectivity index (χ0v) is 54.0. The van der Waals surface area contributed by atoms with Crippen LogP contribution in [0.15, 0.2) is 127 Å². The second kappa shape index (κ2) is 34.1. The van der Waals surface area contributed by atoms with Crippen LogP contribution in [0.25, 0.3) is 24.0 Å². The summed E-state index contributed by atoms with van der Waals surface area (Å²) in [5.74, 6) is -8.71. The van der Waals surface area contributed by atoms with Crippen molar-refractivity contribution >= 4 is 53.8 Å². The number of hydrogen-bond donors (Lipinski definition) is 17. The number of phenolic OH excluding ortho intramolecular Hbond substituents is 4. The van der Waals surface area contributed by atoms with Gasteiger partial charge in [-0.3, -0.25) is 9.59 Å². The molecule has 4 saturated heterocycles. The van der Waals surface area contributed by atoms with Crippen molar-refractivity contribution < 1.29 is 172 Å². The van der Waals surface area contributed by atoms with E-state index < -0.39 is 215 Å². The van der Waals surface area contributed by atoms with Gasteiger partial charge in [-0.2, -0.15) is 0 Å². The van der Waals surface area contributed by atoms with E-state index in [4.69, 9.17) is 66.7 Å². The monoisotopic (exact) mass is 1460 g/mol. The highest BCUT2D eigenvalue weighted by molar-refractivity contribution is 5.90. The zero-order valence-electron chi connectivity index (χ0n) is 54.0. The Morgan fingerprint density at radius 1 is 0.404 bits per heavy atom. The lowest BCUT2D eigenvalue weighted by Gasteiger charge is -2.41. The first-order chi connectivity index (χ1) is 49.6. The van der Waals surface area contributed by atoms with E-state index in [1.54, 1.807) is 12.1 Å². The number of ether oxygens (including phenoxy) is 13. The fraction of sp³-hybridized carbons (Fsp3) is 0.377. The van der Waals surface area contributed by atoms with Gasteiger partial charge in [0, 0.05) is 47.9 Å². The minimum absolute atomic E-state index is 0.0157. The Labute approximate surface area is 587 Å². The summed E-state index contributed by atoms with van der Waals surface area (Å²) in [7, 11) is 0. The molecule has 0 spiro atoms. The average molecular weight is 1460 g/mol. The van der Waals surface area contributed by atoms with E-state index in [1.165, 1.54) is 85.0 Å². The van der Waals surface area contributed by atoms with Crippen LogP contribution in [-0.2, 0) is 73.0 Å². The van der Waals surface area contributed by atoms with Gasteiger partial charge in [-0.25, -0.2) is 14.4 Å². The predicted molar refractivity (Wildman–Crippen MR) is 343 cm³/mol. The lowest BCUT2D eigenvalue weighted by Crippen LogP contribution is -2.60. The molecule has 5 aliphatic heterocycles. The summed E-state index contributed by atoms with van der Waals surface area (Å²) in [5, 5.41) is 182. The molecule has 35 heteroatoms. The van der Waals surface area contributed by atoms with Crippen molar-refractivity contribution in [3.63, 3.8) is 0 Å². The van der Waals surface area contributed by atoms with Crippen molar-refractivity contribution in [1.29, 1.82) is 0 Å². The van der Waals surface area contributed by atoms with Gasteiger partial charge in [0.2, 0.25) is 25.2 Å². The van der Waals surface area contributed by atoms with Gasteiger partial charge in [-0.05, 0) is 89.5 Å². The number of esters is 4.